The van der Waals surface area contributed by atoms with Crippen molar-refractivity contribution in [1.82, 2.24) is 20.3 Å². The molecular weight excluding hydrogens is 372 g/mol. The number of carbonyl (C=O) groups is 1. The molecule has 148 valence electrons. The number of rotatable bonds is 7. The SMILES string of the molecule is O=C(NCCNc1cc(Nc2ccccn2)ncn1)c1cccc2c1OCCO2. The van der Waals surface area contributed by atoms with Gasteiger partial charge < -0.3 is 25.4 Å². The molecule has 4 rings (SSSR count). The summed E-state index contributed by atoms with van der Waals surface area (Å²) in [6, 6.07) is 12.6. The van der Waals surface area contributed by atoms with Gasteiger partial charge in [0.05, 0.1) is 5.56 Å². The van der Waals surface area contributed by atoms with Gasteiger partial charge in [0.15, 0.2) is 11.5 Å². The standard InChI is InChI=1S/C20H20N6O3/c27-20(14-4-3-5-15-19(14)29-11-10-28-15)23-9-8-22-17-12-18(25-13-24-17)26-16-6-1-2-7-21-16/h1-7,12-13H,8-11H2,(H,23,27)(H2,21,22,24,25,26). The average molecular weight is 392 g/mol. The number of aromatic nitrogens is 3. The Morgan fingerprint density at radius 2 is 1.83 bits per heavy atom. The summed E-state index contributed by atoms with van der Waals surface area (Å²) in [5.41, 5.74) is 0.464. The summed E-state index contributed by atoms with van der Waals surface area (Å²) in [6.45, 7) is 1.83. The summed E-state index contributed by atoms with van der Waals surface area (Å²) in [6.07, 6.45) is 3.16. The number of para-hydroxylation sites is 1. The van der Waals surface area contributed by atoms with Gasteiger partial charge in [0.2, 0.25) is 0 Å². The molecule has 1 amide bonds. The lowest BCUT2D eigenvalue weighted by Gasteiger charge is -2.20. The fraction of sp³-hybridized carbons (Fsp3) is 0.200. The largest absolute Gasteiger partial charge is 0.486 e. The van der Waals surface area contributed by atoms with Gasteiger partial charge in [-0.2, -0.15) is 0 Å². The Kier molecular flexibility index (Phi) is 5.65. The second-order valence-corrected chi connectivity index (χ2v) is 6.14. The van der Waals surface area contributed by atoms with Gasteiger partial charge in [-0.15, -0.1) is 0 Å². The molecule has 29 heavy (non-hydrogen) atoms. The Bertz CT molecular complexity index is 983. The maximum Gasteiger partial charge on any atom is 0.255 e. The van der Waals surface area contributed by atoms with Crippen LogP contribution in [0, 0.1) is 0 Å². The number of hydrogen-bond donors (Lipinski definition) is 3. The molecule has 9 nitrogen and oxygen atoms in total. The van der Waals surface area contributed by atoms with E-state index in [1.165, 1.54) is 6.33 Å². The van der Waals surface area contributed by atoms with Crippen molar-refractivity contribution in [1.29, 1.82) is 0 Å². The molecule has 0 fully saturated rings. The van der Waals surface area contributed by atoms with Crippen LogP contribution in [-0.4, -0.2) is 47.2 Å². The molecule has 0 saturated carbocycles. The first-order valence-corrected chi connectivity index (χ1v) is 9.20. The third kappa shape index (κ3) is 4.70. The Labute approximate surface area is 167 Å². The highest BCUT2D eigenvalue weighted by Crippen LogP contribution is 2.33. The van der Waals surface area contributed by atoms with Crippen molar-refractivity contribution in [2.45, 2.75) is 0 Å². The predicted octanol–water partition coefficient (Wildman–Crippen LogP) is 2.23. The van der Waals surface area contributed by atoms with Gasteiger partial charge in [-0.25, -0.2) is 15.0 Å². The van der Waals surface area contributed by atoms with Gasteiger partial charge >= 0.3 is 0 Å². The minimum absolute atomic E-state index is 0.214. The number of carbonyl (C=O) groups excluding carboxylic acids is 1. The van der Waals surface area contributed by atoms with Gasteiger partial charge in [0.1, 0.15) is 37.0 Å². The monoisotopic (exact) mass is 392 g/mol. The molecule has 0 saturated heterocycles. The lowest BCUT2D eigenvalue weighted by molar-refractivity contribution is 0.0944. The maximum absolute atomic E-state index is 12.5. The molecule has 0 unspecified atom stereocenters. The first-order chi connectivity index (χ1) is 14.3. The van der Waals surface area contributed by atoms with E-state index < -0.39 is 0 Å². The molecule has 0 spiro atoms. The van der Waals surface area contributed by atoms with E-state index in [1.807, 2.05) is 18.2 Å². The van der Waals surface area contributed by atoms with E-state index in [4.69, 9.17) is 9.47 Å². The zero-order chi connectivity index (χ0) is 19.9. The summed E-state index contributed by atoms with van der Waals surface area (Å²) < 4.78 is 11.1. The molecule has 3 aromatic rings. The third-order valence-corrected chi connectivity index (χ3v) is 4.12. The van der Waals surface area contributed by atoms with Crippen LogP contribution >= 0.6 is 0 Å². The molecule has 0 radical (unpaired) electrons. The first-order valence-electron chi connectivity index (χ1n) is 9.20. The Hall–Kier alpha value is -3.88. The molecule has 1 aliphatic rings. The van der Waals surface area contributed by atoms with Crippen molar-refractivity contribution in [3.05, 3.63) is 60.6 Å². The van der Waals surface area contributed by atoms with Crippen molar-refractivity contribution in [2.24, 2.45) is 0 Å². The summed E-state index contributed by atoms with van der Waals surface area (Å²) in [5.74, 6) is 2.83. The van der Waals surface area contributed by atoms with Crippen LogP contribution in [0.3, 0.4) is 0 Å². The van der Waals surface area contributed by atoms with Crippen molar-refractivity contribution in [3.8, 4) is 11.5 Å². The lowest BCUT2D eigenvalue weighted by atomic mass is 10.1. The zero-order valence-electron chi connectivity index (χ0n) is 15.6. The fourth-order valence-electron chi connectivity index (χ4n) is 2.80. The molecule has 0 atom stereocenters. The number of nitrogens with zero attached hydrogens (tertiary/aromatic N) is 3. The highest BCUT2D eigenvalue weighted by molar-refractivity contribution is 5.97. The zero-order valence-corrected chi connectivity index (χ0v) is 15.6. The van der Waals surface area contributed by atoms with Crippen LogP contribution in [0.2, 0.25) is 0 Å². The molecule has 2 aromatic heterocycles. The van der Waals surface area contributed by atoms with E-state index in [0.29, 0.717) is 60.8 Å². The van der Waals surface area contributed by atoms with Crippen molar-refractivity contribution in [2.75, 3.05) is 36.9 Å². The molecule has 0 bridgehead atoms. The van der Waals surface area contributed by atoms with E-state index in [-0.39, 0.29) is 5.91 Å². The number of anilines is 3. The summed E-state index contributed by atoms with van der Waals surface area (Å²) in [7, 11) is 0. The average Bonchev–Trinajstić information content (AvgIpc) is 2.77. The second kappa shape index (κ2) is 8.87. The minimum atomic E-state index is -0.214. The smallest absolute Gasteiger partial charge is 0.255 e. The number of ether oxygens (including phenoxy) is 2. The van der Waals surface area contributed by atoms with Crippen LogP contribution in [0.4, 0.5) is 17.5 Å². The molecule has 3 heterocycles. The van der Waals surface area contributed by atoms with E-state index in [9.17, 15) is 4.79 Å². The number of nitrogens with one attached hydrogen (secondary N) is 3. The van der Waals surface area contributed by atoms with Crippen LogP contribution in [0.15, 0.2) is 55.0 Å². The highest BCUT2D eigenvalue weighted by Gasteiger charge is 2.19. The number of benzene rings is 1. The third-order valence-electron chi connectivity index (χ3n) is 4.12. The quantitative estimate of drug-likeness (QED) is 0.525. The van der Waals surface area contributed by atoms with Crippen LogP contribution in [0.5, 0.6) is 11.5 Å². The number of fused-ring (bicyclic) bond motifs is 1. The van der Waals surface area contributed by atoms with Gasteiger partial charge in [0.25, 0.3) is 5.91 Å². The Morgan fingerprint density at radius 1 is 0.931 bits per heavy atom. The van der Waals surface area contributed by atoms with E-state index >= 15 is 0 Å². The van der Waals surface area contributed by atoms with Crippen LogP contribution < -0.4 is 25.4 Å². The Morgan fingerprint density at radius 3 is 2.72 bits per heavy atom. The number of amides is 1. The molecule has 0 aliphatic carbocycles. The Balaban J connectivity index is 1.29. The minimum Gasteiger partial charge on any atom is -0.486 e. The van der Waals surface area contributed by atoms with Gasteiger partial charge in [-0.05, 0) is 24.3 Å². The van der Waals surface area contributed by atoms with E-state index in [1.54, 1.807) is 30.5 Å². The normalized spacial score (nSPS) is 12.1. The van der Waals surface area contributed by atoms with Crippen LogP contribution in [0.1, 0.15) is 10.4 Å². The molecule has 3 N–H and O–H groups in total. The van der Waals surface area contributed by atoms with E-state index in [2.05, 4.69) is 30.9 Å². The van der Waals surface area contributed by atoms with Gasteiger partial charge in [-0.3, -0.25) is 4.79 Å². The molecule has 1 aliphatic heterocycles. The topological polar surface area (TPSA) is 110 Å². The molecule has 1 aromatic carbocycles. The number of pyridine rings is 1. The van der Waals surface area contributed by atoms with Crippen molar-refractivity contribution < 1.29 is 14.3 Å². The number of hydrogen-bond acceptors (Lipinski definition) is 8. The van der Waals surface area contributed by atoms with Crippen molar-refractivity contribution >= 4 is 23.4 Å². The summed E-state index contributed by atoms with van der Waals surface area (Å²) >= 11 is 0. The predicted molar refractivity (Wildman–Crippen MR) is 108 cm³/mol. The van der Waals surface area contributed by atoms with Crippen LogP contribution in [-0.2, 0) is 0 Å². The lowest BCUT2D eigenvalue weighted by Crippen LogP contribution is -2.30. The molecular formula is C20H20N6O3. The second-order valence-electron chi connectivity index (χ2n) is 6.14. The van der Waals surface area contributed by atoms with Crippen LogP contribution in [0.25, 0.3) is 0 Å². The fourth-order valence-corrected chi connectivity index (χ4v) is 2.80. The van der Waals surface area contributed by atoms with Gasteiger partial charge in [-0.1, -0.05) is 12.1 Å². The highest BCUT2D eigenvalue weighted by atomic mass is 16.6. The van der Waals surface area contributed by atoms with Gasteiger partial charge in [0, 0.05) is 25.4 Å². The summed E-state index contributed by atoms with van der Waals surface area (Å²) in [4.78, 5) is 25.0. The van der Waals surface area contributed by atoms with Crippen molar-refractivity contribution in [3.63, 3.8) is 0 Å². The first kappa shape index (κ1) is 18.5. The van der Waals surface area contributed by atoms with E-state index in [0.717, 1.165) is 0 Å². The summed E-state index contributed by atoms with van der Waals surface area (Å²) in [5, 5.41) is 9.13. The molecule has 9 heteroatoms. The maximum atomic E-state index is 12.5.